The molecule has 1 aliphatic carbocycles. The van der Waals surface area contributed by atoms with Crippen LogP contribution in [-0.2, 0) is 0 Å². The zero-order valence-corrected chi connectivity index (χ0v) is 14.3. The summed E-state index contributed by atoms with van der Waals surface area (Å²) in [6, 6.07) is 7.58. The largest absolute Gasteiger partial charge is 0.374 e. The monoisotopic (exact) mass is 288 g/mol. The molecular weight excluding hydrogens is 256 g/mol. The van der Waals surface area contributed by atoms with Gasteiger partial charge in [0.2, 0.25) is 0 Å². The van der Waals surface area contributed by atoms with Crippen LogP contribution in [0.3, 0.4) is 0 Å². The molecule has 0 heterocycles. The first-order valence-electron chi connectivity index (χ1n) is 8.63. The Labute approximate surface area is 130 Å². The molecule has 0 bridgehead atoms. The predicted molar refractivity (Wildman–Crippen MR) is 93.2 cm³/mol. The van der Waals surface area contributed by atoms with Crippen LogP contribution >= 0.6 is 0 Å². The van der Waals surface area contributed by atoms with E-state index in [1.807, 2.05) is 0 Å². The third kappa shape index (κ3) is 4.74. The Kier molecular flexibility index (Phi) is 6.10. The Morgan fingerprint density at radius 1 is 1.05 bits per heavy atom. The number of hydrogen-bond acceptors (Lipinski definition) is 2. The number of hydrogen-bond donors (Lipinski definition) is 1. The summed E-state index contributed by atoms with van der Waals surface area (Å²) in [6.07, 6.45) is 6.91. The first kappa shape index (κ1) is 16.4. The molecule has 1 saturated carbocycles. The fraction of sp³-hybridized carbons (Fsp3) is 0.684. The van der Waals surface area contributed by atoms with Crippen LogP contribution < -0.4 is 10.2 Å². The SMILES string of the molecule is CCNC1CCCCCC1CN(C)c1cc(C)cc(C)c1. The summed E-state index contributed by atoms with van der Waals surface area (Å²) in [6.45, 7) is 8.87. The smallest absolute Gasteiger partial charge is 0.0369 e. The molecule has 21 heavy (non-hydrogen) atoms. The van der Waals surface area contributed by atoms with Crippen LogP contribution in [0.5, 0.6) is 0 Å². The molecule has 1 fully saturated rings. The van der Waals surface area contributed by atoms with Crippen molar-refractivity contribution in [2.45, 2.75) is 58.9 Å². The van der Waals surface area contributed by atoms with Crippen molar-refractivity contribution in [2.24, 2.45) is 5.92 Å². The maximum Gasteiger partial charge on any atom is 0.0369 e. The van der Waals surface area contributed by atoms with Crippen molar-refractivity contribution >= 4 is 5.69 Å². The molecule has 0 aliphatic heterocycles. The van der Waals surface area contributed by atoms with E-state index in [0.29, 0.717) is 6.04 Å². The summed E-state index contributed by atoms with van der Waals surface area (Å²) >= 11 is 0. The molecule has 1 N–H and O–H groups in total. The van der Waals surface area contributed by atoms with Gasteiger partial charge in [0.25, 0.3) is 0 Å². The number of benzene rings is 1. The van der Waals surface area contributed by atoms with Gasteiger partial charge in [0.1, 0.15) is 0 Å². The van der Waals surface area contributed by atoms with Gasteiger partial charge in [-0.15, -0.1) is 0 Å². The Morgan fingerprint density at radius 3 is 2.38 bits per heavy atom. The Balaban J connectivity index is 2.06. The van der Waals surface area contributed by atoms with Gasteiger partial charge in [-0.3, -0.25) is 0 Å². The van der Waals surface area contributed by atoms with Crippen LogP contribution in [0.1, 0.15) is 50.2 Å². The summed E-state index contributed by atoms with van der Waals surface area (Å²) in [4.78, 5) is 2.46. The molecule has 2 nitrogen and oxygen atoms in total. The van der Waals surface area contributed by atoms with Crippen LogP contribution in [-0.4, -0.2) is 26.2 Å². The van der Waals surface area contributed by atoms with E-state index in [0.717, 1.165) is 12.5 Å². The van der Waals surface area contributed by atoms with E-state index in [9.17, 15) is 0 Å². The van der Waals surface area contributed by atoms with E-state index in [-0.39, 0.29) is 0 Å². The van der Waals surface area contributed by atoms with Crippen LogP contribution in [0, 0.1) is 19.8 Å². The molecule has 0 amide bonds. The van der Waals surface area contributed by atoms with E-state index in [2.05, 4.69) is 56.2 Å². The van der Waals surface area contributed by atoms with Gasteiger partial charge in [0, 0.05) is 25.3 Å². The molecule has 1 aromatic carbocycles. The highest BCUT2D eigenvalue weighted by Gasteiger charge is 2.24. The fourth-order valence-electron chi connectivity index (χ4n) is 3.76. The number of nitrogens with one attached hydrogen (secondary N) is 1. The van der Waals surface area contributed by atoms with Crippen LogP contribution in [0.25, 0.3) is 0 Å². The molecule has 2 atom stereocenters. The van der Waals surface area contributed by atoms with E-state index in [4.69, 9.17) is 0 Å². The first-order chi connectivity index (χ1) is 10.1. The minimum absolute atomic E-state index is 0.700. The standard InChI is InChI=1S/C19H32N2/c1-5-20-19-10-8-6-7-9-17(19)14-21(4)18-12-15(2)11-16(3)13-18/h11-13,17,19-20H,5-10,14H2,1-4H3. The normalized spacial score (nSPS) is 22.9. The van der Waals surface area contributed by atoms with Crippen LogP contribution in [0.2, 0.25) is 0 Å². The zero-order chi connectivity index (χ0) is 15.2. The number of anilines is 1. The fourth-order valence-corrected chi connectivity index (χ4v) is 3.76. The van der Waals surface area contributed by atoms with Crippen molar-refractivity contribution < 1.29 is 0 Å². The Morgan fingerprint density at radius 2 is 1.71 bits per heavy atom. The van der Waals surface area contributed by atoms with Gasteiger partial charge in [-0.25, -0.2) is 0 Å². The second-order valence-electron chi connectivity index (χ2n) is 6.79. The summed E-state index contributed by atoms with van der Waals surface area (Å²) in [5.41, 5.74) is 4.09. The lowest BCUT2D eigenvalue weighted by molar-refractivity contribution is 0.343. The third-order valence-electron chi connectivity index (χ3n) is 4.78. The van der Waals surface area contributed by atoms with E-state index in [1.165, 1.54) is 55.5 Å². The van der Waals surface area contributed by atoms with Gasteiger partial charge in [-0.1, -0.05) is 32.3 Å². The van der Waals surface area contributed by atoms with Gasteiger partial charge in [0.15, 0.2) is 0 Å². The molecular formula is C19H32N2. The average molecular weight is 288 g/mol. The Bertz CT molecular complexity index is 421. The molecule has 1 aliphatic rings. The molecule has 0 aromatic heterocycles. The minimum Gasteiger partial charge on any atom is -0.374 e. The molecule has 2 heteroatoms. The van der Waals surface area contributed by atoms with Crippen molar-refractivity contribution in [3.8, 4) is 0 Å². The summed E-state index contributed by atoms with van der Waals surface area (Å²) in [5.74, 6) is 0.776. The second-order valence-corrected chi connectivity index (χ2v) is 6.79. The first-order valence-corrected chi connectivity index (χ1v) is 8.63. The van der Waals surface area contributed by atoms with Gasteiger partial charge >= 0.3 is 0 Å². The molecule has 0 spiro atoms. The van der Waals surface area contributed by atoms with Crippen molar-refractivity contribution in [3.63, 3.8) is 0 Å². The summed E-state index contributed by atoms with van der Waals surface area (Å²) in [7, 11) is 2.25. The number of rotatable bonds is 5. The highest BCUT2D eigenvalue weighted by molar-refractivity contribution is 5.50. The predicted octanol–water partition coefficient (Wildman–Crippen LogP) is 4.30. The molecule has 2 rings (SSSR count). The number of aryl methyl sites for hydroxylation is 2. The number of nitrogens with zero attached hydrogens (tertiary/aromatic N) is 1. The van der Waals surface area contributed by atoms with E-state index >= 15 is 0 Å². The lowest BCUT2D eigenvalue weighted by Crippen LogP contribution is -2.41. The molecule has 1 aromatic rings. The van der Waals surface area contributed by atoms with Gasteiger partial charge in [0.05, 0.1) is 0 Å². The topological polar surface area (TPSA) is 15.3 Å². The van der Waals surface area contributed by atoms with Crippen LogP contribution in [0.15, 0.2) is 18.2 Å². The minimum atomic E-state index is 0.700. The maximum atomic E-state index is 3.73. The van der Waals surface area contributed by atoms with Gasteiger partial charge in [-0.2, -0.15) is 0 Å². The highest BCUT2D eigenvalue weighted by atomic mass is 15.1. The van der Waals surface area contributed by atoms with Crippen molar-refractivity contribution in [1.29, 1.82) is 0 Å². The van der Waals surface area contributed by atoms with Crippen molar-refractivity contribution in [2.75, 3.05) is 25.0 Å². The van der Waals surface area contributed by atoms with Crippen molar-refractivity contribution in [1.82, 2.24) is 5.32 Å². The second kappa shape index (κ2) is 7.84. The van der Waals surface area contributed by atoms with Gasteiger partial charge < -0.3 is 10.2 Å². The molecule has 0 saturated heterocycles. The average Bonchev–Trinajstić information content (AvgIpc) is 2.64. The van der Waals surface area contributed by atoms with Gasteiger partial charge in [-0.05, 0) is 62.4 Å². The quantitative estimate of drug-likeness (QED) is 0.813. The highest BCUT2D eigenvalue weighted by Crippen LogP contribution is 2.26. The summed E-state index contributed by atoms with van der Waals surface area (Å²) < 4.78 is 0. The lowest BCUT2D eigenvalue weighted by atomic mass is 9.94. The zero-order valence-electron chi connectivity index (χ0n) is 14.3. The van der Waals surface area contributed by atoms with E-state index < -0.39 is 0 Å². The molecule has 118 valence electrons. The maximum absolute atomic E-state index is 3.73. The molecule has 0 radical (unpaired) electrons. The Hall–Kier alpha value is -1.02. The van der Waals surface area contributed by atoms with Crippen LogP contribution in [0.4, 0.5) is 5.69 Å². The summed E-state index contributed by atoms with van der Waals surface area (Å²) in [5, 5.41) is 3.73. The third-order valence-corrected chi connectivity index (χ3v) is 4.78. The molecule has 2 unspecified atom stereocenters. The van der Waals surface area contributed by atoms with E-state index in [1.54, 1.807) is 0 Å². The van der Waals surface area contributed by atoms with Crippen molar-refractivity contribution in [3.05, 3.63) is 29.3 Å². The lowest BCUT2D eigenvalue weighted by Gasteiger charge is -2.31.